The van der Waals surface area contributed by atoms with E-state index in [1.807, 2.05) is 26.0 Å². The number of piperazine rings is 1. The number of rotatable bonds is 6. The van der Waals surface area contributed by atoms with Crippen molar-refractivity contribution in [2.24, 2.45) is 5.92 Å². The van der Waals surface area contributed by atoms with Crippen LogP contribution >= 0.6 is 11.6 Å². The number of nitriles is 1. The molecule has 0 aromatic heterocycles. The average molecular weight is 363 g/mol. The summed E-state index contributed by atoms with van der Waals surface area (Å²) in [5, 5.41) is 12.9. The zero-order chi connectivity index (χ0) is 18.4. The van der Waals surface area contributed by atoms with Crippen LogP contribution in [0, 0.1) is 17.2 Å². The lowest BCUT2D eigenvalue weighted by Crippen LogP contribution is -2.54. The van der Waals surface area contributed by atoms with Crippen LogP contribution in [0.15, 0.2) is 24.3 Å². The second-order valence-corrected chi connectivity index (χ2v) is 7.63. The third kappa shape index (κ3) is 5.71. The predicted molar refractivity (Wildman–Crippen MR) is 100 cm³/mol. The van der Waals surface area contributed by atoms with Crippen molar-refractivity contribution in [3.05, 3.63) is 34.9 Å². The molecule has 6 heteroatoms. The molecular weight excluding hydrogens is 336 g/mol. The Balaban J connectivity index is 1.77. The highest BCUT2D eigenvalue weighted by Crippen LogP contribution is 2.15. The molecule has 1 atom stereocenters. The molecule has 25 heavy (non-hydrogen) atoms. The quantitative estimate of drug-likeness (QED) is 0.844. The third-order valence-corrected chi connectivity index (χ3v) is 5.19. The third-order valence-electron chi connectivity index (χ3n) is 4.94. The molecule has 0 unspecified atom stereocenters. The van der Waals surface area contributed by atoms with Gasteiger partial charge in [-0.05, 0) is 30.5 Å². The van der Waals surface area contributed by atoms with Gasteiger partial charge in [0.2, 0.25) is 5.91 Å². The van der Waals surface area contributed by atoms with Crippen LogP contribution in [0.4, 0.5) is 0 Å². The van der Waals surface area contributed by atoms with Crippen molar-refractivity contribution in [1.82, 2.24) is 15.1 Å². The maximum Gasteiger partial charge on any atom is 0.235 e. The predicted octanol–water partition coefficient (Wildman–Crippen LogP) is 2.51. The van der Waals surface area contributed by atoms with Gasteiger partial charge in [0.05, 0.1) is 12.6 Å². The van der Waals surface area contributed by atoms with E-state index in [4.69, 9.17) is 11.6 Å². The minimum atomic E-state index is -0.812. The molecule has 0 bridgehead atoms. The zero-order valence-electron chi connectivity index (χ0n) is 15.3. The average Bonchev–Trinajstić information content (AvgIpc) is 2.58. The normalized spacial score (nSPS) is 18.6. The Morgan fingerprint density at radius 3 is 2.32 bits per heavy atom. The minimum Gasteiger partial charge on any atom is -0.337 e. The van der Waals surface area contributed by atoms with Gasteiger partial charge in [0.15, 0.2) is 0 Å². The summed E-state index contributed by atoms with van der Waals surface area (Å²) < 4.78 is 0. The van der Waals surface area contributed by atoms with Gasteiger partial charge in [-0.2, -0.15) is 5.26 Å². The number of benzene rings is 1. The Hall–Kier alpha value is -1.61. The standard InChI is InChI=1S/C19H27ClN4O/c1-15(2)19(3,14-21)22-18(25)13-24-10-8-23(9-11-24)12-16-4-6-17(20)7-5-16/h4-7,15H,8-13H2,1-3H3,(H,22,25)/t19-/m0/s1. The van der Waals surface area contributed by atoms with Gasteiger partial charge in [0.1, 0.15) is 5.54 Å². The fraction of sp³-hybridized carbons (Fsp3) is 0.579. The van der Waals surface area contributed by atoms with E-state index in [0.29, 0.717) is 6.54 Å². The van der Waals surface area contributed by atoms with Gasteiger partial charge >= 0.3 is 0 Å². The van der Waals surface area contributed by atoms with Crippen LogP contribution in [0.1, 0.15) is 26.3 Å². The maximum absolute atomic E-state index is 12.3. The highest BCUT2D eigenvalue weighted by molar-refractivity contribution is 6.30. The molecule has 0 aliphatic carbocycles. The SMILES string of the molecule is CC(C)[C@](C)(C#N)NC(=O)CN1CCN(Cc2ccc(Cl)cc2)CC1. The van der Waals surface area contributed by atoms with E-state index in [1.165, 1.54) is 5.56 Å². The van der Waals surface area contributed by atoms with Crippen LogP contribution in [0.2, 0.25) is 5.02 Å². The summed E-state index contributed by atoms with van der Waals surface area (Å²) in [7, 11) is 0. The molecule has 0 spiro atoms. The Bertz CT molecular complexity index is 617. The molecule has 136 valence electrons. The van der Waals surface area contributed by atoms with Crippen LogP contribution in [-0.2, 0) is 11.3 Å². The molecule has 2 rings (SSSR count). The van der Waals surface area contributed by atoms with Crippen molar-refractivity contribution in [3.63, 3.8) is 0 Å². The highest BCUT2D eigenvalue weighted by Gasteiger charge is 2.30. The largest absolute Gasteiger partial charge is 0.337 e. The summed E-state index contributed by atoms with van der Waals surface area (Å²) >= 11 is 5.92. The lowest BCUT2D eigenvalue weighted by Gasteiger charge is -2.35. The monoisotopic (exact) mass is 362 g/mol. The number of hydrogen-bond donors (Lipinski definition) is 1. The fourth-order valence-electron chi connectivity index (χ4n) is 2.79. The van der Waals surface area contributed by atoms with Crippen LogP contribution in [0.3, 0.4) is 0 Å². The van der Waals surface area contributed by atoms with Gasteiger partial charge in [-0.1, -0.05) is 37.6 Å². The Morgan fingerprint density at radius 2 is 1.80 bits per heavy atom. The lowest BCUT2D eigenvalue weighted by molar-refractivity contribution is -0.124. The number of hydrogen-bond acceptors (Lipinski definition) is 4. The molecule has 0 radical (unpaired) electrons. The summed E-state index contributed by atoms with van der Waals surface area (Å²) in [6, 6.07) is 10.2. The minimum absolute atomic E-state index is 0.0673. The first kappa shape index (κ1) is 19.7. The highest BCUT2D eigenvalue weighted by atomic mass is 35.5. The van der Waals surface area contributed by atoms with E-state index in [-0.39, 0.29) is 11.8 Å². The van der Waals surface area contributed by atoms with Crippen LogP contribution in [0.5, 0.6) is 0 Å². The number of nitrogens with zero attached hydrogens (tertiary/aromatic N) is 3. The number of halogens is 1. The smallest absolute Gasteiger partial charge is 0.235 e. The maximum atomic E-state index is 12.3. The molecule has 1 N–H and O–H groups in total. The van der Waals surface area contributed by atoms with E-state index < -0.39 is 5.54 Å². The molecule has 1 amide bonds. The van der Waals surface area contributed by atoms with Gasteiger partial charge in [-0.15, -0.1) is 0 Å². The van der Waals surface area contributed by atoms with Crippen molar-refractivity contribution in [3.8, 4) is 6.07 Å². The zero-order valence-corrected chi connectivity index (χ0v) is 16.0. The number of amides is 1. The topological polar surface area (TPSA) is 59.4 Å². The van der Waals surface area contributed by atoms with Crippen molar-refractivity contribution >= 4 is 17.5 Å². The van der Waals surface area contributed by atoms with E-state index in [1.54, 1.807) is 6.92 Å². The van der Waals surface area contributed by atoms with Gasteiger partial charge in [0.25, 0.3) is 0 Å². The van der Waals surface area contributed by atoms with Gasteiger partial charge in [-0.25, -0.2) is 0 Å². The van der Waals surface area contributed by atoms with Crippen molar-refractivity contribution in [2.75, 3.05) is 32.7 Å². The molecule has 1 aromatic rings. The van der Waals surface area contributed by atoms with Crippen LogP contribution in [0.25, 0.3) is 0 Å². The van der Waals surface area contributed by atoms with Crippen molar-refractivity contribution in [2.45, 2.75) is 32.9 Å². The summed E-state index contributed by atoms with van der Waals surface area (Å²) in [5.74, 6) is -0.0124. The van der Waals surface area contributed by atoms with Gasteiger partial charge < -0.3 is 5.32 Å². The lowest BCUT2D eigenvalue weighted by atomic mass is 9.90. The molecule has 1 aromatic carbocycles. The van der Waals surface area contributed by atoms with Crippen molar-refractivity contribution in [1.29, 1.82) is 5.26 Å². The summed E-state index contributed by atoms with van der Waals surface area (Å²) in [5.41, 5.74) is 0.435. The van der Waals surface area contributed by atoms with Crippen LogP contribution < -0.4 is 5.32 Å². The fourth-order valence-corrected chi connectivity index (χ4v) is 2.91. The van der Waals surface area contributed by atoms with Crippen molar-refractivity contribution < 1.29 is 4.79 Å². The second-order valence-electron chi connectivity index (χ2n) is 7.20. The number of carbonyl (C=O) groups is 1. The number of nitrogens with one attached hydrogen (secondary N) is 1. The number of carbonyl (C=O) groups excluding carboxylic acids is 1. The Kier molecular flexibility index (Phi) is 6.83. The Morgan fingerprint density at radius 1 is 1.24 bits per heavy atom. The van der Waals surface area contributed by atoms with E-state index in [2.05, 4.69) is 33.3 Å². The van der Waals surface area contributed by atoms with E-state index in [0.717, 1.165) is 37.7 Å². The summed E-state index contributed by atoms with van der Waals surface area (Å²) in [4.78, 5) is 16.8. The first-order valence-electron chi connectivity index (χ1n) is 8.74. The molecule has 5 nitrogen and oxygen atoms in total. The summed E-state index contributed by atoms with van der Waals surface area (Å²) in [6.07, 6.45) is 0. The van der Waals surface area contributed by atoms with Crippen LogP contribution in [-0.4, -0.2) is 54.0 Å². The molecule has 1 heterocycles. The van der Waals surface area contributed by atoms with E-state index in [9.17, 15) is 10.1 Å². The molecule has 1 aliphatic heterocycles. The second kappa shape index (κ2) is 8.66. The molecular formula is C19H27ClN4O. The van der Waals surface area contributed by atoms with Gasteiger partial charge in [-0.3, -0.25) is 14.6 Å². The Labute approximate surface area is 155 Å². The first-order chi connectivity index (χ1) is 11.8. The first-order valence-corrected chi connectivity index (χ1v) is 9.11. The van der Waals surface area contributed by atoms with E-state index >= 15 is 0 Å². The molecule has 1 saturated heterocycles. The van der Waals surface area contributed by atoms with Gasteiger partial charge in [0, 0.05) is 37.7 Å². The summed E-state index contributed by atoms with van der Waals surface area (Å²) in [6.45, 7) is 10.5. The molecule has 1 fully saturated rings. The molecule has 1 aliphatic rings. The molecule has 0 saturated carbocycles.